The van der Waals surface area contributed by atoms with Gasteiger partial charge in [-0.3, -0.25) is 4.40 Å². The summed E-state index contributed by atoms with van der Waals surface area (Å²) in [5, 5.41) is 14.5. The highest BCUT2D eigenvalue weighted by Crippen LogP contribution is 2.41. The van der Waals surface area contributed by atoms with Crippen molar-refractivity contribution in [1.29, 1.82) is 0 Å². The molecule has 1 saturated carbocycles. The van der Waals surface area contributed by atoms with E-state index in [-0.39, 0.29) is 6.61 Å². The molecule has 0 saturated heterocycles. The summed E-state index contributed by atoms with van der Waals surface area (Å²) >= 11 is 1.69. The van der Waals surface area contributed by atoms with E-state index in [0.717, 1.165) is 29.4 Å². The Hall–Kier alpha value is -1.89. The van der Waals surface area contributed by atoms with E-state index < -0.39 is 0 Å². The maximum atomic E-state index is 8.94. The van der Waals surface area contributed by atoms with E-state index >= 15 is 0 Å². The topological polar surface area (TPSA) is 58.8 Å². The Balaban J connectivity index is 1.46. The predicted molar refractivity (Wildman–Crippen MR) is 94.6 cm³/mol. The second kappa shape index (κ2) is 6.93. The third-order valence-electron chi connectivity index (χ3n) is 4.29. The normalized spacial score (nSPS) is 14.4. The first-order valence-corrected chi connectivity index (χ1v) is 9.21. The van der Waals surface area contributed by atoms with E-state index in [9.17, 15) is 0 Å². The van der Waals surface area contributed by atoms with Crippen LogP contribution in [0.2, 0.25) is 0 Å². The van der Waals surface area contributed by atoms with Crippen molar-refractivity contribution in [3.8, 4) is 5.75 Å². The van der Waals surface area contributed by atoms with Crippen molar-refractivity contribution in [2.45, 2.75) is 31.8 Å². The fourth-order valence-electron chi connectivity index (χ4n) is 2.97. The summed E-state index contributed by atoms with van der Waals surface area (Å²) in [6.45, 7) is 1.86. The van der Waals surface area contributed by atoms with E-state index in [4.69, 9.17) is 14.8 Å². The Morgan fingerprint density at radius 3 is 3.00 bits per heavy atom. The number of rotatable bonds is 8. The third-order valence-corrected chi connectivity index (χ3v) is 5.04. The first-order chi connectivity index (χ1) is 11.9. The number of fused-ring (bicyclic) bond motifs is 1. The number of ether oxygens (including phenoxy) is 1. The molecule has 1 aliphatic rings. The molecule has 6 heteroatoms. The SMILES string of the molecule is OCCOc1ccccc1CNCc1c(C2CC2)nc2sccn12. The lowest BCUT2D eigenvalue weighted by molar-refractivity contribution is 0.200. The lowest BCUT2D eigenvalue weighted by atomic mass is 10.2. The number of para-hydroxylation sites is 1. The second-order valence-corrected chi connectivity index (χ2v) is 6.93. The van der Waals surface area contributed by atoms with Gasteiger partial charge < -0.3 is 15.2 Å². The summed E-state index contributed by atoms with van der Waals surface area (Å²) in [5.74, 6) is 1.48. The molecule has 1 fully saturated rings. The molecule has 2 heterocycles. The van der Waals surface area contributed by atoms with Crippen LogP contribution < -0.4 is 10.1 Å². The van der Waals surface area contributed by atoms with Crippen molar-refractivity contribution in [3.63, 3.8) is 0 Å². The molecule has 1 aliphatic carbocycles. The van der Waals surface area contributed by atoms with Gasteiger partial charge in [0, 0.05) is 36.1 Å². The average molecular weight is 343 g/mol. The van der Waals surface area contributed by atoms with E-state index in [1.165, 1.54) is 24.2 Å². The number of aromatic nitrogens is 2. The number of hydrogen-bond acceptors (Lipinski definition) is 5. The summed E-state index contributed by atoms with van der Waals surface area (Å²) in [6.07, 6.45) is 4.62. The zero-order valence-corrected chi connectivity index (χ0v) is 14.3. The molecular weight excluding hydrogens is 322 g/mol. The third kappa shape index (κ3) is 3.17. The van der Waals surface area contributed by atoms with Crippen LogP contribution in [0.15, 0.2) is 35.8 Å². The Morgan fingerprint density at radius 1 is 1.29 bits per heavy atom. The Bertz CT molecular complexity index is 823. The minimum Gasteiger partial charge on any atom is -0.491 e. The van der Waals surface area contributed by atoms with Gasteiger partial charge in [0.05, 0.1) is 18.0 Å². The van der Waals surface area contributed by atoms with Crippen molar-refractivity contribution in [3.05, 3.63) is 52.8 Å². The molecule has 0 aliphatic heterocycles. The highest BCUT2D eigenvalue weighted by Gasteiger charge is 2.30. The summed E-state index contributed by atoms with van der Waals surface area (Å²) in [4.78, 5) is 5.89. The quantitative estimate of drug-likeness (QED) is 0.660. The van der Waals surface area contributed by atoms with Crippen molar-refractivity contribution < 1.29 is 9.84 Å². The number of nitrogens with zero attached hydrogens (tertiary/aromatic N) is 2. The van der Waals surface area contributed by atoms with E-state index in [0.29, 0.717) is 12.5 Å². The van der Waals surface area contributed by atoms with Crippen LogP contribution >= 0.6 is 11.3 Å². The highest BCUT2D eigenvalue weighted by atomic mass is 32.1. The summed E-state index contributed by atoms with van der Waals surface area (Å²) < 4.78 is 7.81. The minimum absolute atomic E-state index is 0.0263. The molecule has 0 radical (unpaired) electrons. The van der Waals surface area contributed by atoms with Crippen LogP contribution in [0.5, 0.6) is 5.75 Å². The lowest BCUT2D eigenvalue weighted by Gasteiger charge is -2.11. The van der Waals surface area contributed by atoms with Crippen LogP contribution in [0.25, 0.3) is 4.96 Å². The number of nitrogens with one attached hydrogen (secondary N) is 1. The molecule has 1 aromatic carbocycles. The van der Waals surface area contributed by atoms with Gasteiger partial charge in [-0.25, -0.2) is 4.98 Å². The molecule has 0 spiro atoms. The molecular formula is C18H21N3O2S. The van der Waals surface area contributed by atoms with Crippen LogP contribution in [0.4, 0.5) is 0 Å². The number of imidazole rings is 1. The maximum absolute atomic E-state index is 8.94. The van der Waals surface area contributed by atoms with Gasteiger partial charge in [-0.05, 0) is 18.9 Å². The van der Waals surface area contributed by atoms with Gasteiger partial charge in [0.25, 0.3) is 0 Å². The van der Waals surface area contributed by atoms with Crippen LogP contribution in [0.1, 0.15) is 35.7 Å². The first-order valence-electron chi connectivity index (χ1n) is 8.33. The number of benzene rings is 1. The van der Waals surface area contributed by atoms with Gasteiger partial charge in [0.15, 0.2) is 4.96 Å². The molecule has 5 nitrogen and oxygen atoms in total. The van der Waals surface area contributed by atoms with Gasteiger partial charge >= 0.3 is 0 Å². The zero-order valence-electron chi connectivity index (χ0n) is 13.4. The molecule has 0 atom stereocenters. The summed E-state index contributed by atoms with van der Waals surface area (Å²) in [5.41, 5.74) is 3.65. The van der Waals surface area contributed by atoms with Gasteiger partial charge in [0.1, 0.15) is 12.4 Å². The number of thiazole rings is 1. The number of aliphatic hydroxyl groups excluding tert-OH is 1. The molecule has 3 aromatic rings. The smallest absolute Gasteiger partial charge is 0.194 e. The van der Waals surface area contributed by atoms with Gasteiger partial charge in [-0.15, -0.1) is 11.3 Å². The van der Waals surface area contributed by atoms with Gasteiger partial charge in [-0.1, -0.05) is 18.2 Å². The largest absolute Gasteiger partial charge is 0.491 e. The lowest BCUT2D eigenvalue weighted by Crippen LogP contribution is -2.16. The van der Waals surface area contributed by atoms with Crippen molar-refractivity contribution >= 4 is 16.3 Å². The average Bonchev–Trinajstić information content (AvgIpc) is 3.25. The molecule has 126 valence electrons. The van der Waals surface area contributed by atoms with Crippen molar-refractivity contribution in [2.75, 3.05) is 13.2 Å². The van der Waals surface area contributed by atoms with Crippen LogP contribution in [0, 0.1) is 0 Å². The molecule has 0 amide bonds. The summed E-state index contributed by atoms with van der Waals surface area (Å²) in [7, 11) is 0. The second-order valence-electron chi connectivity index (χ2n) is 6.06. The Labute approximate surface area is 144 Å². The zero-order chi connectivity index (χ0) is 16.4. The monoisotopic (exact) mass is 343 g/mol. The van der Waals surface area contributed by atoms with Crippen LogP contribution in [-0.2, 0) is 13.1 Å². The van der Waals surface area contributed by atoms with E-state index in [2.05, 4.69) is 27.4 Å². The molecule has 4 rings (SSSR count). The van der Waals surface area contributed by atoms with Crippen molar-refractivity contribution in [2.24, 2.45) is 0 Å². The van der Waals surface area contributed by atoms with Crippen molar-refractivity contribution in [1.82, 2.24) is 14.7 Å². The Morgan fingerprint density at radius 2 is 2.17 bits per heavy atom. The molecule has 0 unspecified atom stereocenters. The fourth-order valence-corrected chi connectivity index (χ4v) is 3.71. The molecule has 0 bridgehead atoms. The Kier molecular flexibility index (Phi) is 4.51. The van der Waals surface area contributed by atoms with Gasteiger partial charge in [-0.2, -0.15) is 0 Å². The van der Waals surface area contributed by atoms with Gasteiger partial charge in [0.2, 0.25) is 0 Å². The molecule has 2 N–H and O–H groups in total. The van der Waals surface area contributed by atoms with E-state index in [1.807, 2.05) is 18.2 Å². The minimum atomic E-state index is 0.0263. The number of aliphatic hydroxyl groups is 1. The summed E-state index contributed by atoms with van der Waals surface area (Å²) in [6, 6.07) is 7.96. The standard InChI is InChI=1S/C18H21N3O2S/c22-8-9-23-16-4-2-1-3-14(16)11-19-12-15-17(13-5-6-13)20-18-21(15)7-10-24-18/h1-4,7,10,13,19,22H,5-6,8-9,11-12H2. The molecule has 2 aromatic heterocycles. The van der Waals surface area contributed by atoms with Crippen LogP contribution in [-0.4, -0.2) is 27.7 Å². The first kappa shape index (κ1) is 15.6. The maximum Gasteiger partial charge on any atom is 0.194 e. The number of hydrogen-bond donors (Lipinski definition) is 2. The highest BCUT2D eigenvalue weighted by molar-refractivity contribution is 7.15. The fraction of sp³-hybridized carbons (Fsp3) is 0.389. The van der Waals surface area contributed by atoms with E-state index in [1.54, 1.807) is 11.3 Å². The predicted octanol–water partition coefficient (Wildman–Crippen LogP) is 2.93. The molecule has 24 heavy (non-hydrogen) atoms. The van der Waals surface area contributed by atoms with Crippen LogP contribution in [0.3, 0.4) is 0 Å².